The van der Waals surface area contributed by atoms with Gasteiger partial charge in [0.05, 0.1) is 0 Å². The average molecular weight is 301 g/mol. The van der Waals surface area contributed by atoms with Crippen LogP contribution in [0.15, 0.2) is 30.3 Å². The molecule has 0 bridgehead atoms. The molecule has 2 saturated heterocycles. The third kappa shape index (κ3) is 3.35. The molecule has 1 unspecified atom stereocenters. The van der Waals surface area contributed by atoms with Crippen LogP contribution in [0, 0.1) is 17.8 Å². The Kier molecular flexibility index (Phi) is 4.82. The Morgan fingerprint density at radius 1 is 1.27 bits per heavy atom. The molecule has 2 aliphatic rings. The Hall–Kier alpha value is -1.35. The molecule has 1 aromatic carbocycles. The molecule has 120 valence electrons. The molecule has 1 amide bonds. The van der Waals surface area contributed by atoms with Crippen molar-refractivity contribution in [1.82, 2.24) is 4.90 Å². The standard InChI is InChI=1S/C19H27NO2/c1-14(2)17-9-11-22-18(17)19(21)20-10-8-16(13-20)12-15-6-4-3-5-7-15/h3-7,14,16-18H,8-13H2,1-2H3/t16?,17-,18-/m0/s1. The fourth-order valence-electron chi connectivity index (χ4n) is 3.87. The second-order valence-corrected chi connectivity index (χ2v) is 7.12. The van der Waals surface area contributed by atoms with Crippen molar-refractivity contribution in [2.24, 2.45) is 17.8 Å². The van der Waals surface area contributed by atoms with Crippen molar-refractivity contribution in [3.63, 3.8) is 0 Å². The molecule has 0 N–H and O–H groups in total. The Morgan fingerprint density at radius 3 is 2.77 bits per heavy atom. The van der Waals surface area contributed by atoms with E-state index in [9.17, 15) is 4.79 Å². The largest absolute Gasteiger partial charge is 0.368 e. The summed E-state index contributed by atoms with van der Waals surface area (Å²) in [5.74, 6) is 1.72. The van der Waals surface area contributed by atoms with Gasteiger partial charge in [0.1, 0.15) is 6.10 Å². The molecular weight excluding hydrogens is 274 g/mol. The lowest BCUT2D eigenvalue weighted by Crippen LogP contribution is -2.41. The van der Waals surface area contributed by atoms with Gasteiger partial charge >= 0.3 is 0 Å². The van der Waals surface area contributed by atoms with Gasteiger partial charge < -0.3 is 9.64 Å². The van der Waals surface area contributed by atoms with Gasteiger partial charge in [-0.25, -0.2) is 0 Å². The summed E-state index contributed by atoms with van der Waals surface area (Å²) < 4.78 is 5.76. The predicted octanol–water partition coefficient (Wildman–Crippen LogP) is 3.14. The summed E-state index contributed by atoms with van der Waals surface area (Å²) in [7, 11) is 0. The van der Waals surface area contributed by atoms with Gasteiger partial charge in [-0.3, -0.25) is 4.79 Å². The molecule has 0 aromatic heterocycles. The first kappa shape index (κ1) is 15.5. The van der Waals surface area contributed by atoms with Crippen LogP contribution in [0.25, 0.3) is 0 Å². The van der Waals surface area contributed by atoms with E-state index in [0.717, 1.165) is 39.0 Å². The maximum Gasteiger partial charge on any atom is 0.252 e. The number of carbonyl (C=O) groups excluding carboxylic acids is 1. The number of hydrogen-bond donors (Lipinski definition) is 0. The van der Waals surface area contributed by atoms with E-state index < -0.39 is 0 Å². The Labute approximate surface area is 133 Å². The van der Waals surface area contributed by atoms with E-state index in [4.69, 9.17) is 4.74 Å². The molecule has 3 heteroatoms. The van der Waals surface area contributed by atoms with E-state index in [1.807, 2.05) is 4.90 Å². The molecule has 0 aliphatic carbocycles. The molecule has 0 radical (unpaired) electrons. The maximum absolute atomic E-state index is 12.8. The highest BCUT2D eigenvalue weighted by atomic mass is 16.5. The van der Waals surface area contributed by atoms with Crippen molar-refractivity contribution >= 4 is 5.91 Å². The normalized spacial score (nSPS) is 28.5. The predicted molar refractivity (Wildman–Crippen MR) is 87.5 cm³/mol. The quantitative estimate of drug-likeness (QED) is 0.855. The van der Waals surface area contributed by atoms with Gasteiger partial charge in [-0.15, -0.1) is 0 Å². The van der Waals surface area contributed by atoms with Crippen molar-refractivity contribution in [3.8, 4) is 0 Å². The van der Waals surface area contributed by atoms with E-state index in [1.165, 1.54) is 5.56 Å². The second-order valence-electron chi connectivity index (χ2n) is 7.12. The van der Waals surface area contributed by atoms with Gasteiger partial charge in [-0.1, -0.05) is 44.2 Å². The van der Waals surface area contributed by atoms with E-state index in [1.54, 1.807) is 0 Å². The highest BCUT2D eigenvalue weighted by Gasteiger charge is 2.40. The molecule has 0 saturated carbocycles. The highest BCUT2D eigenvalue weighted by molar-refractivity contribution is 5.81. The van der Waals surface area contributed by atoms with Crippen LogP contribution in [0.4, 0.5) is 0 Å². The third-order valence-electron chi connectivity index (χ3n) is 5.20. The number of rotatable bonds is 4. The van der Waals surface area contributed by atoms with Crippen molar-refractivity contribution in [2.75, 3.05) is 19.7 Å². The van der Waals surface area contributed by atoms with Crippen molar-refractivity contribution < 1.29 is 9.53 Å². The molecule has 2 aliphatic heterocycles. The van der Waals surface area contributed by atoms with E-state index in [-0.39, 0.29) is 12.0 Å². The van der Waals surface area contributed by atoms with Crippen LogP contribution >= 0.6 is 0 Å². The Balaban J connectivity index is 1.57. The Morgan fingerprint density at radius 2 is 2.05 bits per heavy atom. The third-order valence-corrected chi connectivity index (χ3v) is 5.20. The number of carbonyl (C=O) groups is 1. The van der Waals surface area contributed by atoms with Crippen LogP contribution in [0.5, 0.6) is 0 Å². The van der Waals surface area contributed by atoms with Crippen LogP contribution in [0.3, 0.4) is 0 Å². The monoisotopic (exact) mass is 301 g/mol. The summed E-state index contributed by atoms with van der Waals surface area (Å²) in [4.78, 5) is 14.8. The average Bonchev–Trinajstić information content (AvgIpc) is 3.16. The first-order valence-corrected chi connectivity index (χ1v) is 8.59. The number of hydrogen-bond acceptors (Lipinski definition) is 2. The molecule has 0 spiro atoms. The maximum atomic E-state index is 12.8. The number of ether oxygens (including phenoxy) is 1. The molecular formula is C19H27NO2. The fourth-order valence-corrected chi connectivity index (χ4v) is 3.87. The molecule has 3 rings (SSSR count). The highest BCUT2D eigenvalue weighted by Crippen LogP contribution is 2.31. The van der Waals surface area contributed by atoms with Crippen LogP contribution in [0.1, 0.15) is 32.3 Å². The zero-order valence-electron chi connectivity index (χ0n) is 13.7. The van der Waals surface area contributed by atoms with Gasteiger partial charge in [-0.05, 0) is 42.6 Å². The summed E-state index contributed by atoms with van der Waals surface area (Å²) >= 11 is 0. The molecule has 2 fully saturated rings. The summed E-state index contributed by atoms with van der Waals surface area (Å²) in [6.45, 7) is 6.91. The molecule has 1 aromatic rings. The zero-order chi connectivity index (χ0) is 15.5. The van der Waals surface area contributed by atoms with Gasteiger partial charge in [0.15, 0.2) is 0 Å². The minimum atomic E-state index is -0.199. The van der Waals surface area contributed by atoms with Gasteiger partial charge in [0.2, 0.25) is 0 Å². The van der Waals surface area contributed by atoms with Crippen LogP contribution in [-0.4, -0.2) is 36.6 Å². The first-order valence-electron chi connectivity index (χ1n) is 8.59. The second kappa shape index (κ2) is 6.82. The lowest BCUT2D eigenvalue weighted by atomic mass is 9.89. The summed E-state index contributed by atoms with van der Waals surface area (Å²) in [6, 6.07) is 10.6. The first-order chi connectivity index (χ1) is 10.6. The number of amides is 1. The van der Waals surface area contributed by atoms with E-state index in [2.05, 4.69) is 44.2 Å². The van der Waals surface area contributed by atoms with E-state index >= 15 is 0 Å². The van der Waals surface area contributed by atoms with Crippen LogP contribution < -0.4 is 0 Å². The summed E-state index contributed by atoms with van der Waals surface area (Å²) in [5, 5.41) is 0. The number of benzene rings is 1. The summed E-state index contributed by atoms with van der Waals surface area (Å²) in [5.41, 5.74) is 1.37. The van der Waals surface area contributed by atoms with Crippen molar-refractivity contribution in [1.29, 1.82) is 0 Å². The minimum Gasteiger partial charge on any atom is -0.368 e. The van der Waals surface area contributed by atoms with Gasteiger partial charge in [-0.2, -0.15) is 0 Å². The van der Waals surface area contributed by atoms with Crippen molar-refractivity contribution in [2.45, 2.75) is 39.2 Å². The number of likely N-dealkylation sites (tertiary alicyclic amines) is 1. The zero-order valence-corrected chi connectivity index (χ0v) is 13.7. The summed E-state index contributed by atoms with van der Waals surface area (Å²) in [6.07, 6.45) is 3.01. The van der Waals surface area contributed by atoms with Crippen LogP contribution in [0.2, 0.25) is 0 Å². The molecule has 2 heterocycles. The van der Waals surface area contributed by atoms with Gasteiger partial charge in [0, 0.05) is 19.7 Å². The van der Waals surface area contributed by atoms with Crippen LogP contribution in [-0.2, 0) is 16.0 Å². The lowest BCUT2D eigenvalue weighted by molar-refractivity contribution is -0.142. The van der Waals surface area contributed by atoms with E-state index in [0.29, 0.717) is 17.8 Å². The number of nitrogens with zero attached hydrogens (tertiary/aromatic N) is 1. The minimum absolute atomic E-state index is 0.199. The topological polar surface area (TPSA) is 29.5 Å². The Bertz CT molecular complexity index is 499. The fraction of sp³-hybridized carbons (Fsp3) is 0.632. The lowest BCUT2D eigenvalue weighted by Gasteiger charge is -2.26. The van der Waals surface area contributed by atoms with Crippen molar-refractivity contribution in [3.05, 3.63) is 35.9 Å². The molecule has 22 heavy (non-hydrogen) atoms. The molecule has 3 nitrogen and oxygen atoms in total. The molecule has 3 atom stereocenters. The SMILES string of the molecule is CC(C)[C@@H]1CCO[C@@H]1C(=O)N1CCC(Cc2ccccc2)C1. The smallest absolute Gasteiger partial charge is 0.252 e. The van der Waals surface area contributed by atoms with Gasteiger partial charge in [0.25, 0.3) is 5.91 Å².